The molecule has 1 heterocycles. The number of methoxy groups -OCH3 is 1. The molecule has 0 atom stereocenters. The Bertz CT molecular complexity index is 558. The number of hydrogen-bond donors (Lipinski definition) is 2. The van der Waals surface area contributed by atoms with Crippen LogP contribution in [0.25, 0.3) is 10.9 Å². The number of ether oxygens (including phenoxy) is 1. The van der Waals surface area contributed by atoms with Crippen LogP contribution in [0, 0.1) is 0 Å². The van der Waals surface area contributed by atoms with Crippen molar-refractivity contribution >= 4 is 16.8 Å². The van der Waals surface area contributed by atoms with E-state index < -0.39 is 0 Å². The molecule has 1 amide bonds. The van der Waals surface area contributed by atoms with Gasteiger partial charge in [0.25, 0.3) is 0 Å². The lowest BCUT2D eigenvalue weighted by Crippen LogP contribution is -2.31. The summed E-state index contributed by atoms with van der Waals surface area (Å²) in [6.07, 6.45) is 2.27. The number of fused-ring (bicyclic) bond motifs is 1. The summed E-state index contributed by atoms with van der Waals surface area (Å²) in [7, 11) is 1.64. The third kappa shape index (κ3) is 2.64. The summed E-state index contributed by atoms with van der Waals surface area (Å²) < 4.78 is 5.17. The summed E-state index contributed by atoms with van der Waals surface area (Å²) >= 11 is 0. The molecule has 0 saturated carbocycles. The van der Waals surface area contributed by atoms with Crippen molar-refractivity contribution in [2.45, 2.75) is 26.3 Å². The van der Waals surface area contributed by atoms with E-state index in [-0.39, 0.29) is 11.9 Å². The Balaban J connectivity index is 2.22. The van der Waals surface area contributed by atoms with E-state index in [0.717, 1.165) is 22.2 Å². The summed E-state index contributed by atoms with van der Waals surface area (Å²) in [4.78, 5) is 14.9. The number of amides is 1. The first-order valence-corrected chi connectivity index (χ1v) is 6.03. The van der Waals surface area contributed by atoms with Crippen LogP contribution < -0.4 is 10.1 Å². The van der Waals surface area contributed by atoms with Crippen LogP contribution in [-0.2, 0) is 11.2 Å². The van der Waals surface area contributed by atoms with Crippen LogP contribution in [-0.4, -0.2) is 24.0 Å². The molecule has 4 nitrogen and oxygen atoms in total. The fraction of sp³-hybridized carbons (Fsp3) is 0.357. The molecule has 18 heavy (non-hydrogen) atoms. The highest BCUT2D eigenvalue weighted by atomic mass is 16.5. The second-order valence-electron chi connectivity index (χ2n) is 4.62. The van der Waals surface area contributed by atoms with Gasteiger partial charge in [0.1, 0.15) is 5.75 Å². The van der Waals surface area contributed by atoms with E-state index in [0.29, 0.717) is 6.42 Å². The third-order valence-corrected chi connectivity index (χ3v) is 2.78. The van der Waals surface area contributed by atoms with Crippen LogP contribution in [0.1, 0.15) is 19.4 Å². The molecule has 0 bridgehead atoms. The molecule has 4 heteroatoms. The predicted octanol–water partition coefficient (Wildman–Crippen LogP) is 2.24. The maximum atomic E-state index is 11.7. The molecule has 0 unspecified atom stereocenters. The number of benzene rings is 1. The Morgan fingerprint density at radius 2 is 2.22 bits per heavy atom. The topological polar surface area (TPSA) is 54.1 Å². The Labute approximate surface area is 106 Å². The predicted molar refractivity (Wildman–Crippen MR) is 71.8 cm³/mol. The molecule has 96 valence electrons. The van der Waals surface area contributed by atoms with E-state index in [1.165, 1.54) is 0 Å². The van der Waals surface area contributed by atoms with Gasteiger partial charge in [-0.15, -0.1) is 0 Å². The van der Waals surface area contributed by atoms with Gasteiger partial charge in [-0.25, -0.2) is 0 Å². The molecule has 1 aromatic heterocycles. The van der Waals surface area contributed by atoms with Crippen molar-refractivity contribution in [3.63, 3.8) is 0 Å². The van der Waals surface area contributed by atoms with E-state index in [1.807, 2.05) is 38.2 Å². The molecular weight excluding hydrogens is 228 g/mol. The van der Waals surface area contributed by atoms with Crippen molar-refractivity contribution in [1.82, 2.24) is 10.3 Å². The van der Waals surface area contributed by atoms with Crippen molar-refractivity contribution < 1.29 is 9.53 Å². The maximum absolute atomic E-state index is 11.7. The third-order valence-electron chi connectivity index (χ3n) is 2.78. The van der Waals surface area contributed by atoms with Gasteiger partial charge in [0.2, 0.25) is 5.91 Å². The first-order valence-electron chi connectivity index (χ1n) is 6.03. The van der Waals surface area contributed by atoms with E-state index in [2.05, 4.69) is 10.3 Å². The summed E-state index contributed by atoms with van der Waals surface area (Å²) in [6, 6.07) is 5.98. The summed E-state index contributed by atoms with van der Waals surface area (Å²) in [5.74, 6) is 0.851. The molecular formula is C14H18N2O2. The van der Waals surface area contributed by atoms with Gasteiger partial charge < -0.3 is 15.0 Å². The SMILES string of the molecule is COc1ccc2c(CC(=O)NC(C)C)c[nH]c2c1. The number of hydrogen-bond acceptors (Lipinski definition) is 2. The zero-order valence-electron chi connectivity index (χ0n) is 10.9. The number of aromatic amines is 1. The summed E-state index contributed by atoms with van der Waals surface area (Å²) in [5, 5.41) is 3.96. The normalized spacial score (nSPS) is 10.9. The Morgan fingerprint density at radius 3 is 2.89 bits per heavy atom. The number of aromatic nitrogens is 1. The van der Waals surface area contributed by atoms with Crippen molar-refractivity contribution in [3.05, 3.63) is 30.0 Å². The minimum Gasteiger partial charge on any atom is -0.497 e. The lowest BCUT2D eigenvalue weighted by Gasteiger charge is -2.07. The second-order valence-corrected chi connectivity index (χ2v) is 4.62. The first-order chi connectivity index (χ1) is 8.60. The molecule has 2 aromatic rings. The van der Waals surface area contributed by atoms with Crippen molar-refractivity contribution in [1.29, 1.82) is 0 Å². The van der Waals surface area contributed by atoms with E-state index >= 15 is 0 Å². The number of rotatable bonds is 4. The highest BCUT2D eigenvalue weighted by Gasteiger charge is 2.10. The van der Waals surface area contributed by atoms with Gasteiger partial charge in [0.05, 0.1) is 13.5 Å². The van der Waals surface area contributed by atoms with Gasteiger partial charge in [-0.1, -0.05) is 0 Å². The Hall–Kier alpha value is -1.97. The molecule has 0 aliphatic carbocycles. The average Bonchev–Trinajstić information content (AvgIpc) is 2.70. The molecule has 0 aliphatic rings. The van der Waals surface area contributed by atoms with Crippen molar-refractivity contribution in [2.24, 2.45) is 0 Å². The van der Waals surface area contributed by atoms with Gasteiger partial charge in [0, 0.05) is 29.2 Å². The lowest BCUT2D eigenvalue weighted by atomic mass is 10.1. The summed E-state index contributed by atoms with van der Waals surface area (Å²) in [5.41, 5.74) is 1.99. The molecule has 0 aliphatic heterocycles. The van der Waals surface area contributed by atoms with Crippen molar-refractivity contribution in [3.8, 4) is 5.75 Å². The molecule has 0 radical (unpaired) electrons. The minimum absolute atomic E-state index is 0.0433. The molecule has 2 N–H and O–H groups in total. The zero-order valence-corrected chi connectivity index (χ0v) is 10.9. The minimum atomic E-state index is 0.0433. The van der Waals surface area contributed by atoms with E-state index in [4.69, 9.17) is 4.74 Å². The van der Waals surface area contributed by atoms with Gasteiger partial charge in [-0.05, 0) is 31.5 Å². The van der Waals surface area contributed by atoms with Gasteiger partial charge in [-0.3, -0.25) is 4.79 Å². The zero-order chi connectivity index (χ0) is 13.1. The van der Waals surface area contributed by atoms with Gasteiger partial charge in [-0.2, -0.15) is 0 Å². The number of H-pyrrole nitrogens is 1. The molecule has 2 rings (SSSR count). The fourth-order valence-electron chi connectivity index (χ4n) is 1.98. The molecule has 0 spiro atoms. The first kappa shape index (κ1) is 12.5. The van der Waals surface area contributed by atoms with Crippen LogP contribution in [0.15, 0.2) is 24.4 Å². The van der Waals surface area contributed by atoms with E-state index in [9.17, 15) is 4.79 Å². The number of carbonyl (C=O) groups excluding carboxylic acids is 1. The largest absolute Gasteiger partial charge is 0.497 e. The lowest BCUT2D eigenvalue weighted by molar-refractivity contribution is -0.120. The van der Waals surface area contributed by atoms with Gasteiger partial charge in [0.15, 0.2) is 0 Å². The van der Waals surface area contributed by atoms with Crippen molar-refractivity contribution in [2.75, 3.05) is 7.11 Å². The second kappa shape index (κ2) is 5.12. The van der Waals surface area contributed by atoms with Crippen LogP contribution >= 0.6 is 0 Å². The molecule has 0 fully saturated rings. The molecule has 1 aromatic carbocycles. The van der Waals surface area contributed by atoms with Gasteiger partial charge >= 0.3 is 0 Å². The monoisotopic (exact) mass is 246 g/mol. The molecule has 0 saturated heterocycles. The van der Waals surface area contributed by atoms with Crippen LogP contribution in [0.2, 0.25) is 0 Å². The Morgan fingerprint density at radius 1 is 1.44 bits per heavy atom. The van der Waals surface area contributed by atoms with Crippen LogP contribution in [0.5, 0.6) is 5.75 Å². The van der Waals surface area contributed by atoms with Crippen LogP contribution in [0.4, 0.5) is 0 Å². The maximum Gasteiger partial charge on any atom is 0.224 e. The standard InChI is InChI=1S/C14H18N2O2/c1-9(2)16-14(17)6-10-8-15-13-7-11(18-3)4-5-12(10)13/h4-5,7-9,15H,6H2,1-3H3,(H,16,17). The van der Waals surface area contributed by atoms with E-state index in [1.54, 1.807) is 7.11 Å². The summed E-state index contributed by atoms with van der Waals surface area (Å²) in [6.45, 7) is 3.91. The fourth-order valence-corrected chi connectivity index (χ4v) is 1.98. The highest BCUT2D eigenvalue weighted by molar-refractivity contribution is 5.89. The number of nitrogens with one attached hydrogen (secondary N) is 2. The smallest absolute Gasteiger partial charge is 0.224 e. The highest BCUT2D eigenvalue weighted by Crippen LogP contribution is 2.23. The quantitative estimate of drug-likeness (QED) is 0.869. The number of carbonyl (C=O) groups is 1. The average molecular weight is 246 g/mol. The van der Waals surface area contributed by atoms with Crippen LogP contribution in [0.3, 0.4) is 0 Å². The Kier molecular flexibility index (Phi) is 3.55.